The highest BCUT2D eigenvalue weighted by molar-refractivity contribution is 7.47. The maximum Gasteiger partial charge on any atom is 0.472 e. The third-order valence-corrected chi connectivity index (χ3v) is 14.7. The number of alkyl carbamates (subject to hydrolysis) is 1. The van der Waals surface area contributed by atoms with Gasteiger partial charge >= 0.3 is 13.9 Å². The van der Waals surface area contributed by atoms with Gasteiger partial charge in [-0.15, -0.1) is 0 Å². The third-order valence-electron chi connectivity index (χ3n) is 13.7. The number of quaternary nitrogens is 1. The summed E-state index contributed by atoms with van der Waals surface area (Å²) in [6.45, 7) is 15.4. The highest BCUT2D eigenvalue weighted by Gasteiger charge is 2.59. The lowest BCUT2D eigenvalue weighted by Gasteiger charge is -2.58. The van der Waals surface area contributed by atoms with Gasteiger partial charge in [0.15, 0.2) is 0 Å². The molecule has 0 aromatic rings. The van der Waals surface area contributed by atoms with E-state index in [-0.39, 0.29) is 36.8 Å². The maximum atomic E-state index is 12.6. The summed E-state index contributed by atoms with van der Waals surface area (Å²) in [5.41, 5.74) is 2.21. The van der Waals surface area contributed by atoms with E-state index in [0.717, 1.165) is 72.3 Å². The molecule has 0 bridgehead atoms. The van der Waals surface area contributed by atoms with E-state index in [2.05, 4.69) is 53.1 Å². The van der Waals surface area contributed by atoms with E-state index in [0.29, 0.717) is 12.0 Å². The number of nitrogens with zero attached hydrogens (tertiary/aromatic N) is 1. The number of hydrogen-bond donors (Lipinski definition) is 2. The molecule has 0 spiro atoms. The van der Waals surface area contributed by atoms with Crippen molar-refractivity contribution in [1.29, 1.82) is 0 Å². The number of phosphoric acid groups is 1. The molecular weight excluding hydrogens is 615 g/mol. The van der Waals surface area contributed by atoms with Crippen molar-refractivity contribution in [1.82, 2.24) is 5.32 Å². The molecule has 1 aliphatic heterocycles. The van der Waals surface area contributed by atoms with E-state index in [1.807, 2.05) is 0 Å². The van der Waals surface area contributed by atoms with Crippen LogP contribution in [0.1, 0.15) is 118 Å². The summed E-state index contributed by atoms with van der Waals surface area (Å²) in [6.07, 6.45) is 17.9. The van der Waals surface area contributed by atoms with Crippen LogP contribution >= 0.6 is 7.82 Å². The monoisotopic (exact) mass is 682 g/mol. The minimum atomic E-state index is -4.15. The number of allylic oxidation sites excluding steroid dienone is 1. The van der Waals surface area contributed by atoms with Gasteiger partial charge in [0.25, 0.3) is 0 Å². The topological polar surface area (TPSA) is 124 Å². The Kier molecular flexibility index (Phi) is 13.2. The molecule has 1 heterocycles. The van der Waals surface area contributed by atoms with Crippen molar-refractivity contribution in [2.75, 3.05) is 46.4 Å². The predicted molar refractivity (Wildman–Crippen MR) is 185 cm³/mol. The number of carbonyl (C=O) groups excluding carboxylic acids is 1. The summed E-state index contributed by atoms with van der Waals surface area (Å²) in [6, 6.07) is 0. The lowest BCUT2D eigenvalue weighted by atomic mass is 9.47. The van der Waals surface area contributed by atoms with Gasteiger partial charge in [0.1, 0.15) is 19.3 Å². The first-order chi connectivity index (χ1) is 21.7. The largest absolute Gasteiger partial charge is 0.870 e. The first kappa shape index (κ1) is 38.8. The molecule has 9 nitrogen and oxygen atoms in total. The standard InChI is InChI=1S/C37H65N2O6P.H2O/c1-27(2)10-9-11-28(3)32-14-15-33-31-13-12-29-26-30(16-18-36(29,4)34(31)17-19-37(32,33)5)45-35(40)38-20-24-43-46(41,42)44-25-23-39(6)21-7-8-22-39;/h12,27-28,30-34H,7-11,13-26H2,1-6H3,(H-,38,40,41,42);1H2/t28-,30+,31?,32-,33?,34?,36+,37-;/m1./s1. The Labute approximate surface area is 285 Å². The Morgan fingerprint density at radius 3 is 2.49 bits per heavy atom. The summed E-state index contributed by atoms with van der Waals surface area (Å²) < 4.78 is 29.2. The zero-order chi connectivity index (χ0) is 33.2. The molecule has 272 valence electrons. The van der Waals surface area contributed by atoms with Crippen LogP contribution in [-0.2, 0) is 18.3 Å². The Morgan fingerprint density at radius 1 is 1.04 bits per heavy atom. The molecule has 0 aromatic carbocycles. The second-order valence-corrected chi connectivity index (χ2v) is 18.6. The SMILES string of the molecule is CC(C)CCC[C@@H](C)[C@H]1CCC2C3CC=C4C[C@@H](OC(=O)NCCOP(=O)(O)OCC[N+]5(C)CCCC5)CC[C@]4(C)C3CC[C@@]21C.[OH-]. The average Bonchev–Trinajstić information content (AvgIpc) is 3.58. The zero-order valence-electron chi connectivity index (χ0n) is 30.4. The van der Waals surface area contributed by atoms with Crippen LogP contribution < -0.4 is 5.32 Å². The number of amides is 1. The molecule has 5 aliphatic rings. The van der Waals surface area contributed by atoms with E-state index in [1.165, 1.54) is 69.8 Å². The van der Waals surface area contributed by atoms with Gasteiger partial charge in [0.2, 0.25) is 0 Å². The summed E-state index contributed by atoms with van der Waals surface area (Å²) in [7, 11) is -2.00. The fourth-order valence-electron chi connectivity index (χ4n) is 11.0. The first-order valence-corrected chi connectivity index (χ1v) is 20.3. The van der Waals surface area contributed by atoms with Crippen LogP contribution in [0.3, 0.4) is 0 Å². The smallest absolute Gasteiger partial charge is 0.472 e. The van der Waals surface area contributed by atoms with E-state index in [1.54, 1.807) is 0 Å². The normalized spacial score (nSPS) is 36.3. The van der Waals surface area contributed by atoms with Crippen LogP contribution in [0.2, 0.25) is 0 Å². The fraction of sp³-hybridized carbons (Fsp3) is 0.919. The first-order valence-electron chi connectivity index (χ1n) is 18.8. The third kappa shape index (κ3) is 9.05. The summed E-state index contributed by atoms with van der Waals surface area (Å²) in [5.74, 6) is 4.88. The maximum absolute atomic E-state index is 12.6. The van der Waals surface area contributed by atoms with Gasteiger partial charge in [-0.2, -0.15) is 0 Å². The number of likely N-dealkylation sites (tertiary alicyclic amines) is 1. The molecule has 4 fully saturated rings. The fourth-order valence-corrected chi connectivity index (χ4v) is 11.7. The van der Waals surface area contributed by atoms with Crippen molar-refractivity contribution in [3.8, 4) is 0 Å². The Morgan fingerprint density at radius 2 is 1.77 bits per heavy atom. The van der Waals surface area contributed by atoms with Gasteiger partial charge < -0.3 is 24.9 Å². The van der Waals surface area contributed by atoms with Gasteiger partial charge in [-0.1, -0.05) is 65.5 Å². The van der Waals surface area contributed by atoms with E-state index in [9.17, 15) is 14.3 Å². The highest BCUT2D eigenvalue weighted by Crippen LogP contribution is 2.67. The van der Waals surface area contributed by atoms with Crippen molar-refractivity contribution < 1.29 is 38.0 Å². The molecule has 1 saturated heterocycles. The number of phosphoric ester groups is 1. The van der Waals surface area contributed by atoms with Gasteiger partial charge in [-0.3, -0.25) is 9.05 Å². The number of likely N-dealkylation sites (N-methyl/N-ethyl adjacent to an activating group) is 1. The minimum absolute atomic E-state index is 0. The van der Waals surface area contributed by atoms with Crippen LogP contribution in [0.15, 0.2) is 11.6 Å². The Hall–Kier alpha value is -0.960. The number of ether oxygens (including phenoxy) is 1. The van der Waals surface area contributed by atoms with E-state index in [4.69, 9.17) is 13.8 Å². The second-order valence-electron chi connectivity index (χ2n) is 17.1. The molecule has 47 heavy (non-hydrogen) atoms. The summed E-state index contributed by atoms with van der Waals surface area (Å²) in [5, 5.41) is 2.70. The Bertz CT molecular complexity index is 1130. The van der Waals surface area contributed by atoms with Gasteiger partial charge in [0.05, 0.1) is 26.7 Å². The molecule has 9 atom stereocenters. The van der Waals surface area contributed by atoms with Gasteiger partial charge in [-0.05, 0) is 91.3 Å². The zero-order valence-corrected chi connectivity index (χ0v) is 31.3. The lowest BCUT2D eigenvalue weighted by Crippen LogP contribution is -2.51. The molecule has 3 saturated carbocycles. The van der Waals surface area contributed by atoms with Crippen molar-refractivity contribution in [2.24, 2.45) is 46.3 Å². The van der Waals surface area contributed by atoms with E-state index < -0.39 is 13.9 Å². The summed E-state index contributed by atoms with van der Waals surface area (Å²) in [4.78, 5) is 22.6. The molecule has 4 unspecified atom stereocenters. The van der Waals surface area contributed by atoms with Gasteiger partial charge in [0, 0.05) is 25.8 Å². The van der Waals surface area contributed by atoms with Crippen LogP contribution in [0.5, 0.6) is 0 Å². The van der Waals surface area contributed by atoms with Crippen LogP contribution in [0, 0.1) is 46.3 Å². The number of carbonyl (C=O) groups is 1. The predicted octanol–water partition coefficient (Wildman–Crippen LogP) is 8.32. The van der Waals surface area contributed by atoms with Crippen molar-refractivity contribution in [2.45, 2.75) is 124 Å². The molecule has 0 radical (unpaired) electrons. The molecule has 10 heteroatoms. The lowest BCUT2D eigenvalue weighted by molar-refractivity contribution is -0.897. The molecule has 4 aliphatic carbocycles. The van der Waals surface area contributed by atoms with Gasteiger partial charge in [-0.25, -0.2) is 9.36 Å². The Balaban J connectivity index is 0.00000500. The number of fused-ring (bicyclic) bond motifs is 5. The van der Waals surface area contributed by atoms with Crippen LogP contribution in [-0.4, -0.2) is 73.5 Å². The van der Waals surface area contributed by atoms with Crippen molar-refractivity contribution in [3.05, 3.63) is 11.6 Å². The summed E-state index contributed by atoms with van der Waals surface area (Å²) >= 11 is 0. The van der Waals surface area contributed by atoms with Crippen LogP contribution in [0.25, 0.3) is 0 Å². The second kappa shape index (κ2) is 15.9. The average molecular weight is 683 g/mol. The highest BCUT2D eigenvalue weighted by atomic mass is 31.2. The van der Waals surface area contributed by atoms with E-state index >= 15 is 0 Å². The molecule has 3 N–H and O–H groups in total. The molecule has 5 rings (SSSR count). The number of rotatable bonds is 14. The molecule has 0 aromatic heterocycles. The molecular formula is C37H67N2O7P. The minimum Gasteiger partial charge on any atom is -0.870 e. The molecule has 1 amide bonds. The van der Waals surface area contributed by atoms with Crippen molar-refractivity contribution >= 4 is 13.9 Å². The number of nitrogens with one attached hydrogen (secondary N) is 1. The van der Waals surface area contributed by atoms with Crippen LogP contribution in [0.4, 0.5) is 4.79 Å². The quantitative estimate of drug-likeness (QED) is 0.0817. The number of hydrogen-bond acceptors (Lipinski definition) is 6. The van der Waals surface area contributed by atoms with Crippen molar-refractivity contribution in [3.63, 3.8) is 0 Å².